The number of amides is 1. The highest BCUT2D eigenvalue weighted by Gasteiger charge is 2.16. The Morgan fingerprint density at radius 3 is 2.61 bits per heavy atom. The van der Waals surface area contributed by atoms with Gasteiger partial charge in [0.2, 0.25) is 5.91 Å². The van der Waals surface area contributed by atoms with Crippen LogP contribution in [0.3, 0.4) is 0 Å². The number of nitrogens with one attached hydrogen (secondary N) is 1. The summed E-state index contributed by atoms with van der Waals surface area (Å²) in [6.07, 6.45) is 8.92. The Morgan fingerprint density at radius 1 is 1.13 bits per heavy atom. The van der Waals surface area contributed by atoms with Crippen LogP contribution in [0, 0.1) is 0 Å². The summed E-state index contributed by atoms with van der Waals surface area (Å²) in [7, 11) is 0. The average molecular weight is 312 g/mol. The number of hydrogen-bond donors (Lipinski definition) is 1. The number of pyridine rings is 1. The summed E-state index contributed by atoms with van der Waals surface area (Å²) in [4.78, 5) is 28.1. The molecule has 23 heavy (non-hydrogen) atoms. The Kier molecular flexibility index (Phi) is 4.80. The molecule has 1 amide bonds. The Balaban J connectivity index is 1.72. The van der Waals surface area contributed by atoms with Crippen molar-refractivity contribution in [3.63, 3.8) is 0 Å². The van der Waals surface area contributed by atoms with Crippen molar-refractivity contribution in [2.75, 3.05) is 0 Å². The predicted molar refractivity (Wildman–Crippen MR) is 86.7 cm³/mol. The number of aromatic nitrogens is 3. The van der Waals surface area contributed by atoms with E-state index in [1.165, 1.54) is 17.2 Å². The normalized spacial score (nSPS) is 15.3. The van der Waals surface area contributed by atoms with Gasteiger partial charge in [-0.25, -0.2) is 4.68 Å². The van der Waals surface area contributed by atoms with Crippen LogP contribution < -0.4 is 10.9 Å². The van der Waals surface area contributed by atoms with Gasteiger partial charge in [-0.1, -0.05) is 19.3 Å². The van der Waals surface area contributed by atoms with E-state index in [9.17, 15) is 9.59 Å². The van der Waals surface area contributed by atoms with E-state index in [-0.39, 0.29) is 24.1 Å². The van der Waals surface area contributed by atoms with E-state index in [4.69, 9.17) is 0 Å². The van der Waals surface area contributed by atoms with Crippen LogP contribution in [0.5, 0.6) is 0 Å². The van der Waals surface area contributed by atoms with E-state index >= 15 is 0 Å². The van der Waals surface area contributed by atoms with Crippen LogP contribution in [0.2, 0.25) is 0 Å². The maximum Gasteiger partial charge on any atom is 0.267 e. The lowest BCUT2D eigenvalue weighted by Gasteiger charge is -2.22. The quantitative estimate of drug-likeness (QED) is 0.933. The van der Waals surface area contributed by atoms with Gasteiger partial charge in [-0.3, -0.25) is 14.6 Å². The van der Waals surface area contributed by atoms with Gasteiger partial charge in [0, 0.05) is 30.1 Å². The molecule has 2 aromatic rings. The Labute approximate surface area is 134 Å². The number of hydrogen-bond acceptors (Lipinski definition) is 4. The molecule has 0 saturated heterocycles. The summed E-state index contributed by atoms with van der Waals surface area (Å²) in [6, 6.07) is 6.97. The zero-order valence-corrected chi connectivity index (χ0v) is 12.9. The molecule has 1 aliphatic carbocycles. The summed E-state index contributed by atoms with van der Waals surface area (Å²) in [5, 5.41) is 7.30. The summed E-state index contributed by atoms with van der Waals surface area (Å²) >= 11 is 0. The standard InChI is InChI=1S/C17H20N4O2/c22-16(19-14-4-2-1-3-5-14)12-21-17(23)7-6-15(20-21)13-8-10-18-11-9-13/h6-11,14H,1-5,12H2,(H,19,22). The van der Waals surface area contributed by atoms with E-state index in [2.05, 4.69) is 15.4 Å². The lowest BCUT2D eigenvalue weighted by atomic mass is 9.95. The zero-order chi connectivity index (χ0) is 16.1. The molecule has 6 nitrogen and oxygen atoms in total. The summed E-state index contributed by atoms with van der Waals surface area (Å²) in [6.45, 7) is -0.0474. The van der Waals surface area contributed by atoms with E-state index in [1.54, 1.807) is 18.5 Å². The predicted octanol–water partition coefficient (Wildman–Crippen LogP) is 1.75. The average Bonchev–Trinajstić information content (AvgIpc) is 2.58. The molecule has 1 saturated carbocycles. The highest BCUT2D eigenvalue weighted by molar-refractivity contribution is 5.76. The summed E-state index contributed by atoms with van der Waals surface area (Å²) in [5.74, 6) is -0.154. The molecule has 2 heterocycles. The summed E-state index contributed by atoms with van der Waals surface area (Å²) in [5.41, 5.74) is 1.24. The first-order valence-corrected chi connectivity index (χ1v) is 8.00. The van der Waals surface area contributed by atoms with E-state index < -0.39 is 0 Å². The fraction of sp³-hybridized carbons (Fsp3) is 0.412. The highest BCUT2D eigenvalue weighted by Crippen LogP contribution is 2.17. The van der Waals surface area contributed by atoms with Crippen LogP contribution >= 0.6 is 0 Å². The maximum atomic E-state index is 12.2. The van der Waals surface area contributed by atoms with Gasteiger partial charge in [-0.2, -0.15) is 5.10 Å². The number of rotatable bonds is 4. The molecule has 0 radical (unpaired) electrons. The second kappa shape index (κ2) is 7.17. The van der Waals surface area contributed by atoms with Crippen molar-refractivity contribution < 1.29 is 4.79 Å². The minimum absolute atomic E-state index is 0.0474. The Morgan fingerprint density at radius 2 is 1.87 bits per heavy atom. The van der Waals surface area contributed by atoms with E-state index in [1.807, 2.05) is 12.1 Å². The lowest BCUT2D eigenvalue weighted by Crippen LogP contribution is -2.40. The molecular weight excluding hydrogens is 292 g/mol. The topological polar surface area (TPSA) is 76.9 Å². The van der Waals surface area contributed by atoms with Crippen molar-refractivity contribution in [2.24, 2.45) is 0 Å². The molecule has 0 aliphatic heterocycles. The van der Waals surface area contributed by atoms with Crippen LogP contribution in [0.4, 0.5) is 0 Å². The van der Waals surface area contributed by atoms with Crippen LogP contribution in [0.1, 0.15) is 32.1 Å². The van der Waals surface area contributed by atoms with Gasteiger partial charge >= 0.3 is 0 Å². The second-order valence-electron chi connectivity index (χ2n) is 5.85. The van der Waals surface area contributed by atoms with Crippen molar-refractivity contribution in [3.8, 4) is 11.3 Å². The highest BCUT2D eigenvalue weighted by atomic mass is 16.2. The molecule has 0 aromatic carbocycles. The maximum absolute atomic E-state index is 12.2. The molecule has 2 aromatic heterocycles. The van der Waals surface area contributed by atoms with Crippen LogP contribution in [-0.4, -0.2) is 26.7 Å². The van der Waals surface area contributed by atoms with Gasteiger partial charge in [-0.15, -0.1) is 0 Å². The molecule has 120 valence electrons. The van der Waals surface area contributed by atoms with Crippen molar-refractivity contribution >= 4 is 5.91 Å². The first kappa shape index (κ1) is 15.4. The fourth-order valence-corrected chi connectivity index (χ4v) is 2.90. The van der Waals surface area contributed by atoms with E-state index in [0.717, 1.165) is 31.2 Å². The van der Waals surface area contributed by atoms with Crippen molar-refractivity contribution in [2.45, 2.75) is 44.7 Å². The molecule has 6 heteroatoms. The van der Waals surface area contributed by atoms with Gasteiger partial charge in [0.1, 0.15) is 6.54 Å². The SMILES string of the molecule is O=C(Cn1nc(-c2ccncc2)ccc1=O)NC1CCCCC1. The minimum atomic E-state index is -0.276. The first-order chi connectivity index (χ1) is 11.2. The molecule has 0 unspecified atom stereocenters. The van der Waals surface area contributed by atoms with Gasteiger partial charge in [0.25, 0.3) is 5.56 Å². The fourth-order valence-electron chi connectivity index (χ4n) is 2.90. The van der Waals surface area contributed by atoms with Crippen LogP contribution in [-0.2, 0) is 11.3 Å². The number of carbonyl (C=O) groups excluding carboxylic acids is 1. The van der Waals surface area contributed by atoms with Crippen LogP contribution in [0.25, 0.3) is 11.3 Å². The molecule has 3 rings (SSSR count). The zero-order valence-electron chi connectivity index (χ0n) is 12.9. The lowest BCUT2D eigenvalue weighted by molar-refractivity contribution is -0.122. The second-order valence-corrected chi connectivity index (χ2v) is 5.85. The molecule has 0 atom stereocenters. The largest absolute Gasteiger partial charge is 0.352 e. The molecule has 1 N–H and O–H groups in total. The minimum Gasteiger partial charge on any atom is -0.352 e. The Hall–Kier alpha value is -2.50. The molecule has 0 spiro atoms. The molecular formula is C17H20N4O2. The van der Waals surface area contributed by atoms with Gasteiger partial charge in [0.15, 0.2) is 0 Å². The van der Waals surface area contributed by atoms with Crippen molar-refractivity contribution in [1.82, 2.24) is 20.1 Å². The number of carbonyl (C=O) groups is 1. The monoisotopic (exact) mass is 312 g/mol. The van der Waals surface area contributed by atoms with Gasteiger partial charge in [0.05, 0.1) is 5.69 Å². The smallest absolute Gasteiger partial charge is 0.267 e. The molecule has 0 bridgehead atoms. The van der Waals surface area contributed by atoms with Gasteiger partial charge < -0.3 is 5.32 Å². The van der Waals surface area contributed by atoms with Crippen molar-refractivity contribution in [1.29, 1.82) is 0 Å². The third kappa shape index (κ3) is 4.03. The van der Waals surface area contributed by atoms with E-state index in [0.29, 0.717) is 5.69 Å². The number of nitrogens with zero attached hydrogens (tertiary/aromatic N) is 3. The molecule has 1 fully saturated rings. The third-order valence-electron chi connectivity index (χ3n) is 4.11. The summed E-state index contributed by atoms with van der Waals surface area (Å²) < 4.78 is 1.22. The third-order valence-corrected chi connectivity index (χ3v) is 4.11. The van der Waals surface area contributed by atoms with Gasteiger partial charge in [-0.05, 0) is 31.0 Å². The first-order valence-electron chi connectivity index (χ1n) is 8.00. The Bertz CT molecular complexity index is 721. The van der Waals surface area contributed by atoms with Crippen LogP contribution in [0.15, 0.2) is 41.5 Å². The van der Waals surface area contributed by atoms with Crippen molar-refractivity contribution in [3.05, 3.63) is 47.0 Å². The molecule has 1 aliphatic rings.